The highest BCUT2D eigenvalue weighted by Crippen LogP contribution is 2.10. The standard InChI is InChI=1S/C13H22N4S/c1-9(2)17(4)6-5-15-12-8-11(13(14)18)7-10(3)16-12/h7-9H,5-6H2,1-4H3,(H2,14,18)(H,15,16). The number of nitrogens with one attached hydrogen (secondary N) is 1. The summed E-state index contributed by atoms with van der Waals surface area (Å²) in [6, 6.07) is 4.34. The van der Waals surface area contributed by atoms with Crippen molar-refractivity contribution in [2.24, 2.45) is 5.73 Å². The summed E-state index contributed by atoms with van der Waals surface area (Å²) in [4.78, 5) is 7.09. The normalized spacial score (nSPS) is 11.0. The molecule has 18 heavy (non-hydrogen) atoms. The minimum atomic E-state index is 0.405. The van der Waals surface area contributed by atoms with Crippen LogP contribution in [0.3, 0.4) is 0 Å². The van der Waals surface area contributed by atoms with Crippen molar-refractivity contribution in [3.8, 4) is 0 Å². The van der Waals surface area contributed by atoms with Crippen molar-refractivity contribution >= 4 is 23.0 Å². The third-order valence-electron chi connectivity index (χ3n) is 2.89. The number of anilines is 1. The SMILES string of the molecule is Cc1cc(C(N)=S)cc(NCCN(C)C(C)C)n1. The van der Waals surface area contributed by atoms with Gasteiger partial charge in [-0.25, -0.2) is 4.98 Å². The Bertz CT molecular complexity index is 417. The topological polar surface area (TPSA) is 54.2 Å². The van der Waals surface area contributed by atoms with Crippen molar-refractivity contribution in [3.63, 3.8) is 0 Å². The molecule has 0 aromatic carbocycles. The summed E-state index contributed by atoms with van der Waals surface area (Å²) in [5.41, 5.74) is 7.41. The number of likely N-dealkylation sites (N-methyl/N-ethyl adjacent to an activating group) is 1. The molecule has 0 aliphatic rings. The summed E-state index contributed by atoms with van der Waals surface area (Å²) < 4.78 is 0. The first-order valence-electron chi connectivity index (χ1n) is 6.12. The summed E-state index contributed by atoms with van der Waals surface area (Å²) in [6.45, 7) is 8.11. The molecule has 0 saturated heterocycles. The van der Waals surface area contributed by atoms with Gasteiger partial charge in [0.05, 0.1) is 0 Å². The zero-order valence-electron chi connectivity index (χ0n) is 11.5. The summed E-state index contributed by atoms with van der Waals surface area (Å²) in [6.07, 6.45) is 0. The molecule has 0 fully saturated rings. The van der Waals surface area contributed by atoms with Gasteiger partial charge in [0.15, 0.2) is 0 Å². The van der Waals surface area contributed by atoms with E-state index < -0.39 is 0 Å². The minimum Gasteiger partial charge on any atom is -0.389 e. The van der Waals surface area contributed by atoms with E-state index in [9.17, 15) is 0 Å². The first-order chi connectivity index (χ1) is 8.40. The molecule has 5 heteroatoms. The third kappa shape index (κ3) is 4.58. The lowest BCUT2D eigenvalue weighted by molar-refractivity contribution is 0.284. The van der Waals surface area contributed by atoms with E-state index in [4.69, 9.17) is 18.0 Å². The molecule has 100 valence electrons. The maximum atomic E-state index is 5.64. The van der Waals surface area contributed by atoms with Gasteiger partial charge in [-0.2, -0.15) is 0 Å². The van der Waals surface area contributed by atoms with Crippen LogP contribution in [-0.2, 0) is 0 Å². The van der Waals surface area contributed by atoms with E-state index in [-0.39, 0.29) is 0 Å². The Morgan fingerprint density at radius 1 is 1.50 bits per heavy atom. The molecule has 1 aromatic rings. The summed E-state index contributed by atoms with van der Waals surface area (Å²) >= 11 is 4.98. The van der Waals surface area contributed by atoms with E-state index in [1.54, 1.807) is 0 Å². The van der Waals surface area contributed by atoms with Crippen molar-refractivity contribution in [2.45, 2.75) is 26.8 Å². The summed E-state index contributed by atoms with van der Waals surface area (Å²) in [7, 11) is 2.11. The number of nitrogens with zero attached hydrogens (tertiary/aromatic N) is 2. The van der Waals surface area contributed by atoms with E-state index in [1.807, 2.05) is 19.1 Å². The number of pyridine rings is 1. The minimum absolute atomic E-state index is 0.405. The first-order valence-corrected chi connectivity index (χ1v) is 6.53. The van der Waals surface area contributed by atoms with Gasteiger partial charge in [0.1, 0.15) is 10.8 Å². The van der Waals surface area contributed by atoms with E-state index in [0.29, 0.717) is 11.0 Å². The molecule has 0 amide bonds. The number of nitrogens with two attached hydrogens (primary N) is 1. The predicted octanol–water partition coefficient (Wildman–Crippen LogP) is 1.78. The Hall–Kier alpha value is -1.20. The molecule has 1 heterocycles. The van der Waals surface area contributed by atoms with Gasteiger partial charge in [-0.05, 0) is 40.0 Å². The third-order valence-corrected chi connectivity index (χ3v) is 3.13. The molecule has 0 aliphatic heterocycles. The van der Waals surface area contributed by atoms with Crippen molar-refractivity contribution in [2.75, 3.05) is 25.5 Å². The Morgan fingerprint density at radius 2 is 2.17 bits per heavy atom. The molecule has 0 unspecified atom stereocenters. The molecule has 0 aliphatic carbocycles. The average molecular weight is 266 g/mol. The summed E-state index contributed by atoms with van der Waals surface area (Å²) in [5.74, 6) is 0.829. The Kier molecular flexibility index (Phi) is 5.50. The van der Waals surface area contributed by atoms with Crippen LogP contribution in [0.5, 0.6) is 0 Å². The maximum absolute atomic E-state index is 5.64. The van der Waals surface area contributed by atoms with Crippen molar-refractivity contribution in [1.29, 1.82) is 0 Å². The second-order valence-electron chi connectivity index (χ2n) is 4.75. The molecule has 1 aromatic heterocycles. The smallest absolute Gasteiger partial charge is 0.126 e. The van der Waals surface area contributed by atoms with Crippen LogP contribution in [0.2, 0.25) is 0 Å². The second-order valence-corrected chi connectivity index (χ2v) is 5.19. The number of thiocarbonyl (C=S) groups is 1. The highest BCUT2D eigenvalue weighted by Gasteiger charge is 2.04. The molecule has 0 radical (unpaired) electrons. The van der Waals surface area contributed by atoms with Gasteiger partial charge in [-0.1, -0.05) is 12.2 Å². The van der Waals surface area contributed by atoms with Gasteiger partial charge in [0.2, 0.25) is 0 Å². The van der Waals surface area contributed by atoms with Crippen LogP contribution in [0.15, 0.2) is 12.1 Å². The second kappa shape index (κ2) is 6.66. The van der Waals surface area contributed by atoms with Crippen LogP contribution >= 0.6 is 12.2 Å². The average Bonchev–Trinajstić information content (AvgIpc) is 2.27. The Balaban J connectivity index is 2.60. The summed E-state index contributed by atoms with van der Waals surface area (Å²) in [5, 5.41) is 3.30. The predicted molar refractivity (Wildman–Crippen MR) is 81.1 cm³/mol. The van der Waals surface area contributed by atoms with Gasteiger partial charge >= 0.3 is 0 Å². The molecule has 0 saturated carbocycles. The van der Waals surface area contributed by atoms with Crippen LogP contribution in [0.1, 0.15) is 25.1 Å². The van der Waals surface area contributed by atoms with Crippen LogP contribution in [0.4, 0.5) is 5.82 Å². The van der Waals surface area contributed by atoms with Gasteiger partial charge in [0, 0.05) is 30.4 Å². The van der Waals surface area contributed by atoms with E-state index >= 15 is 0 Å². The van der Waals surface area contributed by atoms with Crippen molar-refractivity contribution < 1.29 is 0 Å². The van der Waals surface area contributed by atoms with Crippen molar-refractivity contribution in [1.82, 2.24) is 9.88 Å². The Morgan fingerprint density at radius 3 is 2.72 bits per heavy atom. The number of hydrogen-bond donors (Lipinski definition) is 2. The molecular weight excluding hydrogens is 244 g/mol. The van der Waals surface area contributed by atoms with Gasteiger partial charge in [-0.15, -0.1) is 0 Å². The molecular formula is C13H22N4S. The molecule has 0 atom stereocenters. The molecule has 0 bridgehead atoms. The van der Waals surface area contributed by atoms with Gasteiger partial charge in [-0.3, -0.25) is 0 Å². The number of rotatable bonds is 6. The molecule has 4 nitrogen and oxygen atoms in total. The molecule has 0 spiro atoms. The van der Waals surface area contributed by atoms with Crippen LogP contribution in [0, 0.1) is 6.92 Å². The quantitative estimate of drug-likeness (QED) is 0.769. The maximum Gasteiger partial charge on any atom is 0.126 e. The lowest BCUT2D eigenvalue weighted by atomic mass is 10.2. The van der Waals surface area contributed by atoms with Gasteiger partial charge < -0.3 is 16.0 Å². The fraction of sp³-hybridized carbons (Fsp3) is 0.538. The fourth-order valence-corrected chi connectivity index (χ4v) is 1.64. The van der Waals surface area contributed by atoms with E-state index in [0.717, 1.165) is 30.2 Å². The number of hydrogen-bond acceptors (Lipinski definition) is 4. The van der Waals surface area contributed by atoms with Crippen LogP contribution in [-0.4, -0.2) is 41.1 Å². The lowest BCUT2D eigenvalue weighted by Crippen LogP contribution is -2.31. The first kappa shape index (κ1) is 14.9. The highest BCUT2D eigenvalue weighted by atomic mass is 32.1. The van der Waals surface area contributed by atoms with Crippen molar-refractivity contribution in [3.05, 3.63) is 23.4 Å². The van der Waals surface area contributed by atoms with E-state index in [2.05, 4.69) is 36.1 Å². The highest BCUT2D eigenvalue weighted by molar-refractivity contribution is 7.80. The largest absolute Gasteiger partial charge is 0.389 e. The zero-order chi connectivity index (χ0) is 13.7. The van der Waals surface area contributed by atoms with Gasteiger partial charge in [0.25, 0.3) is 0 Å². The van der Waals surface area contributed by atoms with E-state index in [1.165, 1.54) is 0 Å². The number of aryl methyl sites for hydroxylation is 1. The lowest BCUT2D eigenvalue weighted by Gasteiger charge is -2.21. The zero-order valence-corrected chi connectivity index (χ0v) is 12.3. The molecule has 1 rings (SSSR count). The molecule has 3 N–H and O–H groups in total. The monoisotopic (exact) mass is 266 g/mol. The fourth-order valence-electron chi connectivity index (χ4n) is 1.52. The van der Waals surface area contributed by atoms with Crippen LogP contribution < -0.4 is 11.1 Å². The number of aromatic nitrogens is 1. The Labute approximate surface area is 115 Å². The van der Waals surface area contributed by atoms with Crippen LogP contribution in [0.25, 0.3) is 0 Å².